The predicted molar refractivity (Wildman–Crippen MR) is 105 cm³/mol. The standard InChI is InChI=1S/C22H36O3/c1-4-6-7-8-9-10-11-12-13-14-15-16-17-21(23)18-19-22(24)25-20(3)5-2/h8-13,20H,4-7,14-19H2,1-3H3. The Labute approximate surface area is 154 Å². The van der Waals surface area contributed by atoms with Gasteiger partial charge < -0.3 is 4.74 Å². The number of carbonyl (C=O) groups is 2. The highest BCUT2D eigenvalue weighted by atomic mass is 16.5. The van der Waals surface area contributed by atoms with Gasteiger partial charge >= 0.3 is 5.97 Å². The number of unbranched alkanes of at least 4 members (excludes halogenated alkanes) is 4. The molecule has 0 bridgehead atoms. The average Bonchev–Trinajstić information content (AvgIpc) is 2.60. The first kappa shape index (κ1) is 23.4. The Morgan fingerprint density at radius 3 is 2.08 bits per heavy atom. The molecule has 0 aliphatic rings. The highest BCUT2D eigenvalue weighted by molar-refractivity contribution is 5.82. The summed E-state index contributed by atoms with van der Waals surface area (Å²) in [5.74, 6) is -0.108. The zero-order chi connectivity index (χ0) is 18.8. The number of hydrogen-bond acceptors (Lipinski definition) is 3. The fourth-order valence-corrected chi connectivity index (χ4v) is 2.12. The molecule has 0 aliphatic heterocycles. The maximum Gasteiger partial charge on any atom is 0.306 e. The maximum atomic E-state index is 11.7. The summed E-state index contributed by atoms with van der Waals surface area (Å²) in [4.78, 5) is 23.2. The van der Waals surface area contributed by atoms with Gasteiger partial charge in [-0.05, 0) is 39.0 Å². The summed E-state index contributed by atoms with van der Waals surface area (Å²) in [6.07, 6.45) is 20.8. The van der Waals surface area contributed by atoms with Crippen LogP contribution in [-0.4, -0.2) is 17.9 Å². The Hall–Kier alpha value is -1.64. The van der Waals surface area contributed by atoms with E-state index in [1.165, 1.54) is 12.8 Å². The molecule has 0 radical (unpaired) electrons. The van der Waals surface area contributed by atoms with Crippen molar-refractivity contribution < 1.29 is 14.3 Å². The van der Waals surface area contributed by atoms with Gasteiger partial charge in [-0.15, -0.1) is 0 Å². The lowest BCUT2D eigenvalue weighted by Gasteiger charge is -2.10. The first-order valence-corrected chi connectivity index (χ1v) is 9.79. The minimum Gasteiger partial charge on any atom is -0.463 e. The van der Waals surface area contributed by atoms with E-state index in [9.17, 15) is 9.59 Å². The lowest BCUT2D eigenvalue weighted by molar-refractivity contribution is -0.149. The maximum absolute atomic E-state index is 11.7. The Morgan fingerprint density at radius 2 is 1.48 bits per heavy atom. The molecule has 3 heteroatoms. The second kappa shape index (κ2) is 17.2. The molecule has 0 fully saturated rings. The van der Waals surface area contributed by atoms with Crippen LogP contribution in [0, 0.1) is 0 Å². The summed E-state index contributed by atoms with van der Waals surface area (Å²) < 4.78 is 5.16. The minimum atomic E-state index is -0.263. The van der Waals surface area contributed by atoms with Crippen molar-refractivity contribution >= 4 is 11.8 Å². The van der Waals surface area contributed by atoms with Crippen molar-refractivity contribution in [2.24, 2.45) is 0 Å². The van der Waals surface area contributed by atoms with E-state index in [2.05, 4.69) is 31.2 Å². The molecular formula is C22H36O3. The highest BCUT2D eigenvalue weighted by Gasteiger charge is 2.10. The summed E-state index contributed by atoms with van der Waals surface area (Å²) in [7, 11) is 0. The quantitative estimate of drug-likeness (QED) is 0.204. The van der Waals surface area contributed by atoms with Crippen LogP contribution in [-0.2, 0) is 14.3 Å². The van der Waals surface area contributed by atoms with Gasteiger partial charge in [0.05, 0.1) is 12.5 Å². The Kier molecular flexibility index (Phi) is 16.1. The Balaban J connectivity index is 3.59. The van der Waals surface area contributed by atoms with Crippen molar-refractivity contribution in [1.29, 1.82) is 0 Å². The van der Waals surface area contributed by atoms with E-state index >= 15 is 0 Å². The zero-order valence-electron chi connectivity index (χ0n) is 16.3. The van der Waals surface area contributed by atoms with Crippen molar-refractivity contribution in [3.63, 3.8) is 0 Å². The van der Waals surface area contributed by atoms with E-state index in [4.69, 9.17) is 4.74 Å². The third-order valence-corrected chi connectivity index (χ3v) is 3.92. The fraction of sp³-hybridized carbons (Fsp3) is 0.636. The molecule has 0 N–H and O–H groups in total. The van der Waals surface area contributed by atoms with Gasteiger partial charge in [0.25, 0.3) is 0 Å². The second-order valence-corrected chi connectivity index (χ2v) is 6.38. The first-order chi connectivity index (χ1) is 12.1. The molecule has 0 saturated heterocycles. The number of hydrogen-bond donors (Lipinski definition) is 0. The molecule has 3 nitrogen and oxygen atoms in total. The fourth-order valence-electron chi connectivity index (χ4n) is 2.12. The predicted octanol–water partition coefficient (Wildman–Crippen LogP) is 6.10. The summed E-state index contributed by atoms with van der Waals surface area (Å²) in [6.45, 7) is 6.03. The van der Waals surface area contributed by atoms with Crippen molar-refractivity contribution in [3.8, 4) is 0 Å². The van der Waals surface area contributed by atoms with E-state index in [1.54, 1.807) is 0 Å². The van der Waals surface area contributed by atoms with Crippen molar-refractivity contribution in [2.75, 3.05) is 0 Å². The van der Waals surface area contributed by atoms with Gasteiger partial charge in [0, 0.05) is 12.8 Å². The molecule has 142 valence electrons. The topological polar surface area (TPSA) is 43.4 Å². The van der Waals surface area contributed by atoms with Crippen molar-refractivity contribution in [3.05, 3.63) is 36.5 Å². The molecule has 1 unspecified atom stereocenters. The Morgan fingerprint density at radius 1 is 0.840 bits per heavy atom. The molecule has 0 aliphatic carbocycles. The normalized spacial score (nSPS) is 13.1. The smallest absolute Gasteiger partial charge is 0.306 e. The number of esters is 1. The minimum absolute atomic E-state index is 0.0599. The van der Waals surface area contributed by atoms with Crippen LogP contribution in [0.2, 0.25) is 0 Å². The van der Waals surface area contributed by atoms with E-state index in [0.29, 0.717) is 12.8 Å². The summed E-state index contributed by atoms with van der Waals surface area (Å²) in [5.41, 5.74) is 0. The van der Waals surface area contributed by atoms with Gasteiger partial charge in [-0.25, -0.2) is 0 Å². The lowest BCUT2D eigenvalue weighted by atomic mass is 10.1. The van der Waals surface area contributed by atoms with Crippen LogP contribution in [0.3, 0.4) is 0 Å². The highest BCUT2D eigenvalue weighted by Crippen LogP contribution is 2.07. The molecule has 0 amide bonds. The Bertz CT molecular complexity index is 433. The van der Waals surface area contributed by atoms with Crippen LogP contribution < -0.4 is 0 Å². The van der Waals surface area contributed by atoms with Gasteiger partial charge in [-0.2, -0.15) is 0 Å². The first-order valence-electron chi connectivity index (χ1n) is 9.79. The summed E-state index contributed by atoms with van der Waals surface area (Å²) in [6, 6.07) is 0. The molecule has 0 aromatic rings. The van der Waals surface area contributed by atoms with Crippen LogP contribution in [0.5, 0.6) is 0 Å². The number of Topliss-reactive ketones (excluding diaryl/α,β-unsaturated/α-hetero) is 1. The van der Waals surface area contributed by atoms with E-state index in [-0.39, 0.29) is 24.3 Å². The summed E-state index contributed by atoms with van der Waals surface area (Å²) >= 11 is 0. The number of ether oxygens (including phenoxy) is 1. The monoisotopic (exact) mass is 348 g/mol. The molecule has 0 saturated carbocycles. The van der Waals surface area contributed by atoms with E-state index < -0.39 is 0 Å². The third-order valence-electron chi connectivity index (χ3n) is 3.92. The molecule has 0 spiro atoms. The van der Waals surface area contributed by atoms with Gasteiger partial charge in [-0.1, -0.05) is 63.1 Å². The second-order valence-electron chi connectivity index (χ2n) is 6.38. The van der Waals surface area contributed by atoms with Crippen LogP contribution in [0.25, 0.3) is 0 Å². The van der Waals surface area contributed by atoms with E-state index in [0.717, 1.165) is 32.1 Å². The van der Waals surface area contributed by atoms with Gasteiger partial charge in [0.2, 0.25) is 0 Å². The largest absolute Gasteiger partial charge is 0.463 e. The molecule has 25 heavy (non-hydrogen) atoms. The number of rotatable bonds is 15. The van der Waals surface area contributed by atoms with Crippen LogP contribution in [0.4, 0.5) is 0 Å². The molecular weight excluding hydrogens is 312 g/mol. The van der Waals surface area contributed by atoms with Crippen LogP contribution in [0.1, 0.15) is 85.0 Å². The van der Waals surface area contributed by atoms with Crippen molar-refractivity contribution in [1.82, 2.24) is 0 Å². The SMILES string of the molecule is CCCCC=CC=CC=CCCCCC(=O)CCC(=O)OC(C)CC. The van der Waals surface area contributed by atoms with Crippen LogP contribution >= 0.6 is 0 Å². The van der Waals surface area contributed by atoms with Crippen molar-refractivity contribution in [2.45, 2.75) is 91.1 Å². The molecule has 0 rings (SSSR count). The number of ketones is 1. The molecule has 0 heterocycles. The van der Waals surface area contributed by atoms with Crippen LogP contribution in [0.15, 0.2) is 36.5 Å². The van der Waals surface area contributed by atoms with Gasteiger partial charge in [-0.3, -0.25) is 9.59 Å². The average molecular weight is 349 g/mol. The molecule has 0 aromatic carbocycles. The zero-order valence-corrected chi connectivity index (χ0v) is 16.3. The van der Waals surface area contributed by atoms with Gasteiger partial charge in [0.1, 0.15) is 5.78 Å². The van der Waals surface area contributed by atoms with E-state index in [1.807, 2.05) is 26.0 Å². The lowest BCUT2D eigenvalue weighted by Crippen LogP contribution is -2.14. The number of allylic oxidation sites excluding steroid dienone is 6. The third kappa shape index (κ3) is 17.0. The number of carbonyl (C=O) groups excluding carboxylic acids is 2. The molecule has 1 atom stereocenters. The molecule has 0 aromatic heterocycles. The summed E-state index contributed by atoms with van der Waals surface area (Å²) in [5, 5.41) is 0. The van der Waals surface area contributed by atoms with Gasteiger partial charge in [0.15, 0.2) is 0 Å².